The predicted octanol–water partition coefficient (Wildman–Crippen LogP) is 2.07. The molecule has 0 spiro atoms. The van der Waals surface area contributed by atoms with Gasteiger partial charge in [-0.1, -0.05) is 31.2 Å². The van der Waals surface area contributed by atoms with Gasteiger partial charge in [-0.2, -0.15) is 0 Å². The summed E-state index contributed by atoms with van der Waals surface area (Å²) in [5.41, 5.74) is 1.73. The summed E-state index contributed by atoms with van der Waals surface area (Å²) in [6.45, 7) is 3.24. The lowest BCUT2D eigenvalue weighted by Gasteiger charge is -2.31. The monoisotopic (exact) mass is 261 g/mol. The molecule has 1 amide bonds. The topological polar surface area (TPSA) is 57.6 Å². The van der Waals surface area contributed by atoms with E-state index in [0.717, 1.165) is 30.5 Å². The Hall–Kier alpha value is -1.84. The predicted molar refractivity (Wildman–Crippen MR) is 71.6 cm³/mol. The molecule has 0 saturated carbocycles. The summed E-state index contributed by atoms with van der Waals surface area (Å²) < 4.78 is 0. The molecule has 1 aromatic rings. The molecule has 1 saturated heterocycles. The van der Waals surface area contributed by atoms with E-state index in [-0.39, 0.29) is 18.2 Å². The minimum Gasteiger partial charge on any atom is -0.481 e. The first-order chi connectivity index (χ1) is 9.08. The Balaban J connectivity index is 2.14. The number of likely N-dealkylation sites (tertiary alicyclic amines) is 1. The number of rotatable bonds is 4. The van der Waals surface area contributed by atoms with Gasteiger partial charge in [-0.3, -0.25) is 9.59 Å². The molecule has 1 unspecified atom stereocenters. The molecule has 102 valence electrons. The van der Waals surface area contributed by atoms with Crippen LogP contribution in [-0.2, 0) is 22.6 Å². The molecule has 1 heterocycles. The Kier molecular flexibility index (Phi) is 4.20. The molecule has 1 aliphatic heterocycles. The fraction of sp³-hybridized carbons (Fsp3) is 0.467. The largest absolute Gasteiger partial charge is 0.481 e. The summed E-state index contributed by atoms with van der Waals surface area (Å²) in [5.74, 6) is -0.581. The van der Waals surface area contributed by atoms with E-state index >= 15 is 0 Å². The van der Waals surface area contributed by atoms with E-state index in [9.17, 15) is 9.59 Å². The third kappa shape index (κ3) is 3.34. The summed E-state index contributed by atoms with van der Waals surface area (Å²) in [5, 5.41) is 8.91. The number of aliphatic carboxylic acids is 1. The van der Waals surface area contributed by atoms with Crippen LogP contribution in [0.4, 0.5) is 0 Å². The van der Waals surface area contributed by atoms with Crippen LogP contribution in [0.2, 0.25) is 0 Å². The summed E-state index contributed by atoms with van der Waals surface area (Å²) in [6, 6.07) is 7.45. The van der Waals surface area contributed by atoms with Gasteiger partial charge in [0.15, 0.2) is 0 Å². The van der Waals surface area contributed by atoms with Gasteiger partial charge in [-0.05, 0) is 24.0 Å². The molecule has 0 bridgehead atoms. The van der Waals surface area contributed by atoms with E-state index in [2.05, 4.69) is 0 Å². The van der Waals surface area contributed by atoms with E-state index in [1.807, 2.05) is 36.1 Å². The highest BCUT2D eigenvalue weighted by Gasteiger charge is 2.25. The Labute approximate surface area is 113 Å². The number of carboxylic acid groups (broad SMARTS) is 1. The van der Waals surface area contributed by atoms with Crippen molar-refractivity contribution in [2.75, 3.05) is 6.54 Å². The number of amides is 1. The van der Waals surface area contributed by atoms with Crippen molar-refractivity contribution in [1.82, 2.24) is 4.90 Å². The molecular formula is C15H19NO3. The second kappa shape index (κ2) is 5.87. The Bertz CT molecular complexity index is 484. The zero-order chi connectivity index (χ0) is 13.8. The number of hydrogen-bond acceptors (Lipinski definition) is 2. The maximum Gasteiger partial charge on any atom is 0.307 e. The fourth-order valence-corrected chi connectivity index (χ4v) is 2.54. The van der Waals surface area contributed by atoms with Gasteiger partial charge in [0.25, 0.3) is 0 Å². The molecule has 0 aromatic heterocycles. The second-order valence-corrected chi connectivity index (χ2v) is 5.14. The molecule has 1 aliphatic rings. The number of carboxylic acids is 1. The Morgan fingerprint density at radius 1 is 1.37 bits per heavy atom. The Morgan fingerprint density at radius 2 is 2.05 bits per heavy atom. The van der Waals surface area contributed by atoms with Crippen molar-refractivity contribution in [2.45, 2.75) is 32.7 Å². The zero-order valence-corrected chi connectivity index (χ0v) is 11.1. The van der Waals surface area contributed by atoms with Gasteiger partial charge in [0.2, 0.25) is 5.91 Å². The van der Waals surface area contributed by atoms with Crippen LogP contribution in [0, 0.1) is 5.92 Å². The second-order valence-electron chi connectivity index (χ2n) is 5.14. The first-order valence-corrected chi connectivity index (χ1v) is 6.65. The SMILES string of the molecule is CC1CCCN(Cc2ccccc2CC(=O)O)C1=O. The van der Waals surface area contributed by atoms with Crippen LogP contribution in [0.15, 0.2) is 24.3 Å². The summed E-state index contributed by atoms with van der Waals surface area (Å²) >= 11 is 0. The van der Waals surface area contributed by atoms with Crippen LogP contribution in [0.5, 0.6) is 0 Å². The van der Waals surface area contributed by atoms with Crippen LogP contribution < -0.4 is 0 Å². The molecule has 2 rings (SSSR count). The summed E-state index contributed by atoms with van der Waals surface area (Å²) in [4.78, 5) is 24.8. The van der Waals surface area contributed by atoms with Crippen LogP contribution in [0.25, 0.3) is 0 Å². The molecule has 0 aliphatic carbocycles. The first kappa shape index (κ1) is 13.6. The number of carbonyl (C=O) groups is 2. The highest BCUT2D eigenvalue weighted by Crippen LogP contribution is 2.21. The summed E-state index contributed by atoms with van der Waals surface area (Å²) in [7, 11) is 0. The third-order valence-corrected chi connectivity index (χ3v) is 3.62. The van der Waals surface area contributed by atoms with E-state index in [0.29, 0.717) is 6.54 Å². The van der Waals surface area contributed by atoms with Crippen molar-refractivity contribution in [1.29, 1.82) is 0 Å². The average Bonchev–Trinajstić information content (AvgIpc) is 2.36. The van der Waals surface area contributed by atoms with Gasteiger partial charge < -0.3 is 10.0 Å². The van der Waals surface area contributed by atoms with Gasteiger partial charge in [0.1, 0.15) is 0 Å². The van der Waals surface area contributed by atoms with Gasteiger partial charge in [-0.25, -0.2) is 0 Å². The smallest absolute Gasteiger partial charge is 0.307 e. The van der Waals surface area contributed by atoms with Gasteiger partial charge in [0, 0.05) is 19.0 Å². The van der Waals surface area contributed by atoms with Crippen molar-refractivity contribution in [3.63, 3.8) is 0 Å². The lowest BCUT2D eigenvalue weighted by Crippen LogP contribution is -2.39. The minimum absolute atomic E-state index is 0.00770. The molecule has 4 heteroatoms. The Morgan fingerprint density at radius 3 is 2.74 bits per heavy atom. The van der Waals surface area contributed by atoms with E-state index in [4.69, 9.17) is 5.11 Å². The van der Waals surface area contributed by atoms with Crippen molar-refractivity contribution in [2.24, 2.45) is 5.92 Å². The number of benzene rings is 1. The minimum atomic E-state index is -0.842. The van der Waals surface area contributed by atoms with Gasteiger partial charge >= 0.3 is 5.97 Å². The lowest BCUT2D eigenvalue weighted by atomic mass is 9.97. The highest BCUT2D eigenvalue weighted by atomic mass is 16.4. The van der Waals surface area contributed by atoms with Crippen LogP contribution in [0.3, 0.4) is 0 Å². The van der Waals surface area contributed by atoms with Crippen molar-refractivity contribution in [3.05, 3.63) is 35.4 Å². The molecule has 1 aromatic carbocycles. The zero-order valence-electron chi connectivity index (χ0n) is 11.1. The third-order valence-electron chi connectivity index (χ3n) is 3.62. The maximum absolute atomic E-state index is 12.1. The molecule has 1 atom stereocenters. The summed E-state index contributed by atoms with van der Waals surface area (Å²) in [6.07, 6.45) is 1.98. The van der Waals surface area contributed by atoms with E-state index in [1.165, 1.54) is 0 Å². The number of nitrogens with zero attached hydrogens (tertiary/aromatic N) is 1. The number of piperidine rings is 1. The standard InChI is InChI=1S/C15H19NO3/c1-11-5-4-8-16(15(11)19)10-13-7-3-2-6-12(13)9-14(17)18/h2-3,6-7,11H,4-5,8-10H2,1H3,(H,17,18). The molecule has 0 radical (unpaired) electrons. The molecule has 1 fully saturated rings. The first-order valence-electron chi connectivity index (χ1n) is 6.65. The number of hydrogen-bond donors (Lipinski definition) is 1. The molecule has 1 N–H and O–H groups in total. The fourth-order valence-electron chi connectivity index (χ4n) is 2.54. The van der Waals surface area contributed by atoms with E-state index in [1.54, 1.807) is 0 Å². The number of carbonyl (C=O) groups excluding carboxylic acids is 1. The lowest BCUT2D eigenvalue weighted by molar-refractivity contribution is -0.138. The van der Waals surface area contributed by atoms with Crippen LogP contribution >= 0.6 is 0 Å². The van der Waals surface area contributed by atoms with Crippen molar-refractivity contribution >= 4 is 11.9 Å². The normalized spacial score (nSPS) is 19.5. The quantitative estimate of drug-likeness (QED) is 0.902. The molecular weight excluding hydrogens is 242 g/mol. The van der Waals surface area contributed by atoms with Crippen molar-refractivity contribution in [3.8, 4) is 0 Å². The molecule has 4 nitrogen and oxygen atoms in total. The molecule has 19 heavy (non-hydrogen) atoms. The highest BCUT2D eigenvalue weighted by molar-refractivity contribution is 5.79. The average molecular weight is 261 g/mol. The van der Waals surface area contributed by atoms with Crippen molar-refractivity contribution < 1.29 is 14.7 Å². The van der Waals surface area contributed by atoms with Gasteiger partial charge in [0.05, 0.1) is 6.42 Å². The van der Waals surface area contributed by atoms with E-state index < -0.39 is 5.97 Å². The van der Waals surface area contributed by atoms with Gasteiger partial charge in [-0.15, -0.1) is 0 Å². The maximum atomic E-state index is 12.1. The van der Waals surface area contributed by atoms with Crippen LogP contribution in [0.1, 0.15) is 30.9 Å². The van der Waals surface area contributed by atoms with Crippen LogP contribution in [-0.4, -0.2) is 28.4 Å².